The van der Waals surface area contributed by atoms with Crippen molar-refractivity contribution in [2.24, 2.45) is 5.73 Å². The van der Waals surface area contributed by atoms with Gasteiger partial charge in [0.15, 0.2) is 0 Å². The van der Waals surface area contributed by atoms with Crippen molar-refractivity contribution in [2.75, 3.05) is 0 Å². The summed E-state index contributed by atoms with van der Waals surface area (Å²) in [5.41, 5.74) is 5.68. The van der Waals surface area contributed by atoms with Gasteiger partial charge in [0, 0.05) is 17.8 Å². The number of H-pyrrole nitrogens is 1. The standard InChI is InChI=1S/C6H7N3O/c7-6(10)2-1-5-3-8-9-4-5/h1-4H,(H2,7,10)(H,8,9). The first kappa shape index (κ1) is 6.54. The molecule has 4 heteroatoms. The van der Waals surface area contributed by atoms with E-state index in [-0.39, 0.29) is 0 Å². The average molecular weight is 137 g/mol. The van der Waals surface area contributed by atoms with Crippen LogP contribution < -0.4 is 5.73 Å². The molecule has 0 saturated heterocycles. The fraction of sp³-hybridized carbons (Fsp3) is 0. The molecular formula is C6H7N3O. The number of amides is 1. The second kappa shape index (κ2) is 2.82. The van der Waals surface area contributed by atoms with Crippen LogP contribution in [0.1, 0.15) is 5.56 Å². The second-order valence-corrected chi connectivity index (χ2v) is 1.77. The molecule has 0 aliphatic heterocycles. The lowest BCUT2D eigenvalue weighted by atomic mass is 10.3. The molecule has 0 aromatic carbocycles. The molecule has 0 atom stereocenters. The molecule has 10 heavy (non-hydrogen) atoms. The molecule has 0 fully saturated rings. The van der Waals surface area contributed by atoms with Crippen LogP contribution in [-0.4, -0.2) is 16.1 Å². The number of hydrogen-bond donors (Lipinski definition) is 2. The molecule has 1 rings (SSSR count). The van der Waals surface area contributed by atoms with Crippen LogP contribution in [0.4, 0.5) is 0 Å². The Morgan fingerprint density at radius 3 is 3.10 bits per heavy atom. The molecule has 1 heterocycles. The second-order valence-electron chi connectivity index (χ2n) is 1.77. The highest BCUT2D eigenvalue weighted by molar-refractivity contribution is 5.90. The van der Waals surface area contributed by atoms with E-state index in [4.69, 9.17) is 5.73 Å². The summed E-state index contributed by atoms with van der Waals surface area (Å²) in [5.74, 6) is -0.457. The Kier molecular flexibility index (Phi) is 1.84. The summed E-state index contributed by atoms with van der Waals surface area (Å²) in [7, 11) is 0. The van der Waals surface area contributed by atoms with Gasteiger partial charge in [0.1, 0.15) is 0 Å². The van der Waals surface area contributed by atoms with Crippen molar-refractivity contribution in [3.05, 3.63) is 24.0 Å². The first-order valence-corrected chi connectivity index (χ1v) is 2.75. The summed E-state index contributed by atoms with van der Waals surface area (Å²) in [6, 6.07) is 0. The number of nitrogens with one attached hydrogen (secondary N) is 1. The average Bonchev–Trinajstić information content (AvgIpc) is 2.34. The number of primary amides is 1. The molecule has 1 aromatic heterocycles. The Hall–Kier alpha value is -1.58. The summed E-state index contributed by atoms with van der Waals surface area (Å²) in [4.78, 5) is 10.2. The van der Waals surface area contributed by atoms with Crippen LogP contribution in [-0.2, 0) is 4.79 Å². The van der Waals surface area contributed by atoms with E-state index in [0.29, 0.717) is 0 Å². The summed E-state index contributed by atoms with van der Waals surface area (Å²) >= 11 is 0. The molecule has 1 amide bonds. The van der Waals surface area contributed by atoms with Crippen LogP contribution in [0.5, 0.6) is 0 Å². The van der Waals surface area contributed by atoms with E-state index in [1.807, 2.05) is 0 Å². The van der Waals surface area contributed by atoms with Gasteiger partial charge in [-0.25, -0.2) is 0 Å². The summed E-state index contributed by atoms with van der Waals surface area (Å²) < 4.78 is 0. The largest absolute Gasteiger partial charge is 0.366 e. The predicted molar refractivity (Wildman–Crippen MR) is 36.8 cm³/mol. The van der Waals surface area contributed by atoms with Crippen molar-refractivity contribution in [1.29, 1.82) is 0 Å². The Labute approximate surface area is 57.7 Å². The van der Waals surface area contributed by atoms with E-state index >= 15 is 0 Å². The predicted octanol–water partition coefficient (Wildman–Crippen LogP) is -0.0918. The van der Waals surface area contributed by atoms with E-state index < -0.39 is 5.91 Å². The minimum Gasteiger partial charge on any atom is -0.366 e. The maximum absolute atomic E-state index is 10.2. The fourth-order valence-electron chi connectivity index (χ4n) is 0.530. The molecule has 1 aromatic rings. The lowest BCUT2D eigenvalue weighted by Crippen LogP contribution is -2.04. The topological polar surface area (TPSA) is 71.8 Å². The smallest absolute Gasteiger partial charge is 0.241 e. The van der Waals surface area contributed by atoms with Crippen LogP contribution in [0.25, 0.3) is 6.08 Å². The Balaban J connectivity index is 2.64. The van der Waals surface area contributed by atoms with E-state index in [9.17, 15) is 4.79 Å². The van der Waals surface area contributed by atoms with Gasteiger partial charge in [0.25, 0.3) is 0 Å². The van der Waals surface area contributed by atoms with E-state index in [1.165, 1.54) is 6.08 Å². The molecule has 0 bridgehead atoms. The zero-order valence-corrected chi connectivity index (χ0v) is 5.24. The van der Waals surface area contributed by atoms with Crippen LogP contribution >= 0.6 is 0 Å². The quantitative estimate of drug-likeness (QED) is 0.559. The number of nitrogens with zero attached hydrogens (tertiary/aromatic N) is 1. The van der Waals surface area contributed by atoms with Gasteiger partial charge in [-0.3, -0.25) is 9.89 Å². The number of aromatic nitrogens is 2. The third kappa shape index (κ3) is 1.74. The SMILES string of the molecule is NC(=O)C=Cc1cn[nH]c1. The van der Waals surface area contributed by atoms with Crippen molar-refractivity contribution in [2.45, 2.75) is 0 Å². The Bertz CT molecular complexity index is 238. The molecule has 4 nitrogen and oxygen atoms in total. The lowest BCUT2D eigenvalue weighted by Gasteiger charge is -1.78. The third-order valence-corrected chi connectivity index (χ3v) is 0.959. The fourth-order valence-corrected chi connectivity index (χ4v) is 0.530. The van der Waals surface area contributed by atoms with Gasteiger partial charge in [0.05, 0.1) is 6.20 Å². The van der Waals surface area contributed by atoms with Crippen molar-refractivity contribution < 1.29 is 4.79 Å². The maximum Gasteiger partial charge on any atom is 0.241 e. The highest BCUT2D eigenvalue weighted by atomic mass is 16.1. The number of rotatable bonds is 2. The normalized spacial score (nSPS) is 10.4. The number of hydrogen-bond acceptors (Lipinski definition) is 2. The molecule has 0 spiro atoms. The monoisotopic (exact) mass is 137 g/mol. The highest BCUT2D eigenvalue weighted by Gasteiger charge is 1.86. The van der Waals surface area contributed by atoms with E-state index in [0.717, 1.165) is 5.56 Å². The molecule has 0 aliphatic carbocycles. The zero-order valence-electron chi connectivity index (χ0n) is 5.24. The van der Waals surface area contributed by atoms with E-state index in [2.05, 4.69) is 10.2 Å². The minimum atomic E-state index is -0.457. The molecular weight excluding hydrogens is 130 g/mol. The van der Waals surface area contributed by atoms with Gasteiger partial charge < -0.3 is 5.73 Å². The zero-order chi connectivity index (χ0) is 7.40. The molecule has 52 valence electrons. The first-order valence-electron chi connectivity index (χ1n) is 2.75. The van der Waals surface area contributed by atoms with Gasteiger partial charge in [-0.1, -0.05) is 0 Å². The van der Waals surface area contributed by atoms with Crippen molar-refractivity contribution in [3.63, 3.8) is 0 Å². The van der Waals surface area contributed by atoms with Crippen molar-refractivity contribution in [1.82, 2.24) is 10.2 Å². The van der Waals surface area contributed by atoms with Crippen LogP contribution in [0.2, 0.25) is 0 Å². The third-order valence-electron chi connectivity index (χ3n) is 0.959. The summed E-state index contributed by atoms with van der Waals surface area (Å²) in [6.07, 6.45) is 6.13. The molecule has 0 unspecified atom stereocenters. The minimum absolute atomic E-state index is 0.457. The molecule has 0 aliphatic rings. The summed E-state index contributed by atoms with van der Waals surface area (Å²) in [6.45, 7) is 0. The summed E-state index contributed by atoms with van der Waals surface area (Å²) in [5, 5.41) is 6.27. The van der Waals surface area contributed by atoms with Crippen molar-refractivity contribution in [3.8, 4) is 0 Å². The maximum atomic E-state index is 10.2. The highest BCUT2D eigenvalue weighted by Crippen LogP contribution is 1.95. The number of aromatic amines is 1. The van der Waals surface area contributed by atoms with Gasteiger partial charge >= 0.3 is 0 Å². The molecule has 0 radical (unpaired) electrons. The number of carbonyl (C=O) groups excluding carboxylic acids is 1. The lowest BCUT2D eigenvalue weighted by molar-refractivity contribution is -0.113. The number of nitrogens with two attached hydrogens (primary N) is 1. The van der Waals surface area contributed by atoms with Gasteiger partial charge in [0.2, 0.25) is 5.91 Å². The molecule has 0 saturated carbocycles. The molecule has 3 N–H and O–H groups in total. The van der Waals surface area contributed by atoms with Crippen LogP contribution in [0.15, 0.2) is 18.5 Å². The van der Waals surface area contributed by atoms with Gasteiger partial charge in [-0.2, -0.15) is 5.10 Å². The van der Waals surface area contributed by atoms with Crippen LogP contribution in [0.3, 0.4) is 0 Å². The van der Waals surface area contributed by atoms with Gasteiger partial charge in [-0.15, -0.1) is 0 Å². The Morgan fingerprint density at radius 1 is 1.80 bits per heavy atom. The number of carbonyl (C=O) groups is 1. The van der Waals surface area contributed by atoms with Crippen LogP contribution in [0, 0.1) is 0 Å². The van der Waals surface area contributed by atoms with Crippen molar-refractivity contribution >= 4 is 12.0 Å². The Morgan fingerprint density at radius 2 is 2.60 bits per heavy atom. The van der Waals surface area contributed by atoms with E-state index in [1.54, 1.807) is 18.5 Å². The first-order chi connectivity index (χ1) is 4.79. The van der Waals surface area contributed by atoms with Gasteiger partial charge in [-0.05, 0) is 6.08 Å².